The molecule has 0 saturated carbocycles. The van der Waals surface area contributed by atoms with E-state index in [0.29, 0.717) is 6.54 Å². The van der Waals surface area contributed by atoms with Crippen LogP contribution in [-0.2, 0) is 9.53 Å². The van der Waals surface area contributed by atoms with E-state index in [-0.39, 0.29) is 23.7 Å². The maximum atomic E-state index is 12.6. The zero-order valence-corrected chi connectivity index (χ0v) is 13.1. The van der Waals surface area contributed by atoms with Crippen molar-refractivity contribution in [1.82, 2.24) is 9.80 Å². The van der Waals surface area contributed by atoms with E-state index >= 15 is 0 Å². The first kappa shape index (κ1) is 15.7. The third-order valence-corrected chi connectivity index (χ3v) is 4.34. The zero-order valence-electron chi connectivity index (χ0n) is 13.1. The summed E-state index contributed by atoms with van der Waals surface area (Å²) in [5, 5.41) is 0. The molecule has 2 fully saturated rings. The molecule has 5 heteroatoms. The van der Waals surface area contributed by atoms with Gasteiger partial charge in [0.1, 0.15) is 0 Å². The summed E-state index contributed by atoms with van der Waals surface area (Å²) >= 11 is 0. The van der Waals surface area contributed by atoms with Crippen LogP contribution in [0.2, 0.25) is 0 Å². The minimum absolute atomic E-state index is 0.0235. The number of nitrogens with zero attached hydrogens (tertiary/aromatic N) is 2. The molecule has 2 N–H and O–H groups in total. The fraction of sp³-hybridized carbons (Fsp3) is 0.933. The Labute approximate surface area is 122 Å². The highest BCUT2D eigenvalue weighted by molar-refractivity contribution is 5.81. The predicted molar refractivity (Wildman–Crippen MR) is 79.5 cm³/mol. The largest absolute Gasteiger partial charge is 0.368 e. The van der Waals surface area contributed by atoms with Crippen molar-refractivity contribution in [3.05, 3.63) is 0 Å². The van der Waals surface area contributed by atoms with Gasteiger partial charge >= 0.3 is 0 Å². The number of carbonyl (C=O) groups is 1. The normalized spacial score (nSPS) is 29.2. The van der Waals surface area contributed by atoms with Crippen molar-refractivity contribution in [3.63, 3.8) is 0 Å². The maximum absolute atomic E-state index is 12.6. The number of hydrogen-bond donors (Lipinski definition) is 1. The molecule has 5 nitrogen and oxygen atoms in total. The zero-order chi connectivity index (χ0) is 14.8. The van der Waals surface area contributed by atoms with Gasteiger partial charge in [-0.15, -0.1) is 0 Å². The Kier molecular flexibility index (Phi) is 5.04. The molecule has 1 amide bonds. The highest BCUT2D eigenvalue weighted by Gasteiger charge is 2.37. The second-order valence-electron chi connectivity index (χ2n) is 6.73. The van der Waals surface area contributed by atoms with Gasteiger partial charge in [0.15, 0.2) is 0 Å². The molecular weight excluding hydrogens is 254 g/mol. The fourth-order valence-corrected chi connectivity index (χ4v) is 3.29. The Balaban J connectivity index is 1.99. The average molecular weight is 283 g/mol. The van der Waals surface area contributed by atoms with E-state index in [1.165, 1.54) is 6.42 Å². The predicted octanol–water partition coefficient (Wildman–Crippen LogP) is 0.826. The van der Waals surface area contributed by atoms with Crippen molar-refractivity contribution in [2.45, 2.75) is 57.8 Å². The van der Waals surface area contributed by atoms with E-state index in [2.05, 4.69) is 18.7 Å². The summed E-state index contributed by atoms with van der Waals surface area (Å²) in [4.78, 5) is 16.9. The van der Waals surface area contributed by atoms with Gasteiger partial charge in [0.25, 0.3) is 0 Å². The van der Waals surface area contributed by atoms with E-state index in [1.807, 2.05) is 11.8 Å². The lowest BCUT2D eigenvalue weighted by Crippen LogP contribution is -2.60. The van der Waals surface area contributed by atoms with Crippen LogP contribution in [0, 0.1) is 0 Å². The molecule has 2 unspecified atom stereocenters. The molecule has 20 heavy (non-hydrogen) atoms. The van der Waals surface area contributed by atoms with Gasteiger partial charge in [-0.05, 0) is 40.0 Å². The smallest absolute Gasteiger partial charge is 0.239 e. The Morgan fingerprint density at radius 2 is 2.00 bits per heavy atom. The van der Waals surface area contributed by atoms with Crippen LogP contribution < -0.4 is 5.73 Å². The van der Waals surface area contributed by atoms with Gasteiger partial charge in [0.2, 0.25) is 5.91 Å². The molecule has 2 rings (SSSR count). The summed E-state index contributed by atoms with van der Waals surface area (Å²) in [6, 6.07) is -0.0784. The van der Waals surface area contributed by atoms with Crippen molar-refractivity contribution in [1.29, 1.82) is 0 Å². The molecule has 0 radical (unpaired) electrons. The molecule has 116 valence electrons. The first-order valence-electron chi connectivity index (χ1n) is 7.83. The number of amides is 1. The second kappa shape index (κ2) is 6.41. The molecule has 0 aliphatic carbocycles. The Bertz CT molecular complexity index is 340. The fourth-order valence-electron chi connectivity index (χ4n) is 3.29. The minimum Gasteiger partial charge on any atom is -0.368 e. The Morgan fingerprint density at radius 3 is 2.60 bits per heavy atom. The van der Waals surface area contributed by atoms with Crippen LogP contribution >= 0.6 is 0 Å². The molecule has 0 aromatic carbocycles. The van der Waals surface area contributed by atoms with Crippen LogP contribution in [0.5, 0.6) is 0 Å². The monoisotopic (exact) mass is 283 g/mol. The first-order valence-corrected chi connectivity index (χ1v) is 7.83. The van der Waals surface area contributed by atoms with Crippen molar-refractivity contribution in [2.24, 2.45) is 5.73 Å². The average Bonchev–Trinajstić information content (AvgIpc) is 2.44. The second-order valence-corrected chi connectivity index (χ2v) is 6.73. The molecule has 2 aliphatic heterocycles. The third-order valence-electron chi connectivity index (χ3n) is 4.34. The Hall–Kier alpha value is -0.650. The summed E-state index contributed by atoms with van der Waals surface area (Å²) in [5.41, 5.74) is 5.52. The first-order chi connectivity index (χ1) is 9.43. The van der Waals surface area contributed by atoms with Gasteiger partial charge in [0.05, 0.1) is 17.7 Å². The number of rotatable bonds is 3. The van der Waals surface area contributed by atoms with Crippen LogP contribution in [0.25, 0.3) is 0 Å². The highest BCUT2D eigenvalue weighted by atomic mass is 16.5. The van der Waals surface area contributed by atoms with Gasteiger partial charge in [0, 0.05) is 32.7 Å². The molecule has 0 aromatic rings. The number of morpholine rings is 1. The van der Waals surface area contributed by atoms with Gasteiger partial charge in [-0.2, -0.15) is 0 Å². The van der Waals surface area contributed by atoms with Crippen molar-refractivity contribution in [3.8, 4) is 0 Å². The van der Waals surface area contributed by atoms with E-state index in [1.54, 1.807) is 0 Å². The minimum atomic E-state index is -0.237. The standard InChI is InChI=1S/C15H29N3O2/c1-12(14(19)17-7-5-4-6-8-17)18-10-13(9-16)20-15(2,3)11-18/h12-13H,4-11,16H2,1-3H3. The quantitative estimate of drug-likeness (QED) is 0.833. The summed E-state index contributed by atoms with van der Waals surface area (Å²) in [6.45, 7) is 10.0. The van der Waals surface area contributed by atoms with Crippen LogP contribution in [0.15, 0.2) is 0 Å². The van der Waals surface area contributed by atoms with E-state index in [4.69, 9.17) is 10.5 Å². The molecule has 2 atom stereocenters. The summed E-state index contributed by atoms with van der Waals surface area (Å²) in [7, 11) is 0. The van der Waals surface area contributed by atoms with Crippen LogP contribution in [0.3, 0.4) is 0 Å². The third kappa shape index (κ3) is 3.71. The van der Waals surface area contributed by atoms with Gasteiger partial charge in [-0.1, -0.05) is 0 Å². The summed E-state index contributed by atoms with van der Waals surface area (Å²) < 4.78 is 5.94. The summed E-state index contributed by atoms with van der Waals surface area (Å²) in [5.74, 6) is 0.262. The number of hydrogen-bond acceptors (Lipinski definition) is 4. The number of nitrogens with two attached hydrogens (primary N) is 1. The number of ether oxygens (including phenoxy) is 1. The lowest BCUT2D eigenvalue weighted by Gasteiger charge is -2.45. The molecule has 2 heterocycles. The SMILES string of the molecule is CC(C(=O)N1CCCCC1)N1CC(CN)OC(C)(C)C1. The van der Waals surface area contributed by atoms with Gasteiger partial charge in [-0.3, -0.25) is 9.69 Å². The van der Waals surface area contributed by atoms with Gasteiger partial charge < -0.3 is 15.4 Å². The van der Waals surface area contributed by atoms with Crippen LogP contribution in [0.4, 0.5) is 0 Å². The topological polar surface area (TPSA) is 58.8 Å². The van der Waals surface area contributed by atoms with E-state index in [0.717, 1.165) is 39.0 Å². The molecule has 2 aliphatic rings. The molecule has 0 spiro atoms. The van der Waals surface area contributed by atoms with E-state index < -0.39 is 0 Å². The van der Waals surface area contributed by atoms with Crippen molar-refractivity contribution in [2.75, 3.05) is 32.7 Å². The molecular formula is C15H29N3O2. The maximum Gasteiger partial charge on any atom is 0.239 e. The number of piperidine rings is 1. The van der Waals surface area contributed by atoms with Crippen molar-refractivity contribution < 1.29 is 9.53 Å². The number of likely N-dealkylation sites (tertiary alicyclic amines) is 1. The molecule has 0 bridgehead atoms. The van der Waals surface area contributed by atoms with Crippen LogP contribution in [0.1, 0.15) is 40.0 Å². The Morgan fingerprint density at radius 1 is 1.35 bits per heavy atom. The molecule has 0 aromatic heterocycles. The highest BCUT2D eigenvalue weighted by Crippen LogP contribution is 2.23. The summed E-state index contributed by atoms with van der Waals surface area (Å²) in [6.07, 6.45) is 3.55. The molecule has 2 saturated heterocycles. The lowest BCUT2D eigenvalue weighted by atomic mass is 10.0. The van der Waals surface area contributed by atoms with Gasteiger partial charge in [-0.25, -0.2) is 0 Å². The van der Waals surface area contributed by atoms with Crippen molar-refractivity contribution >= 4 is 5.91 Å². The van der Waals surface area contributed by atoms with E-state index in [9.17, 15) is 4.79 Å². The van der Waals surface area contributed by atoms with Crippen LogP contribution in [-0.4, -0.2) is 66.2 Å². The number of carbonyl (C=O) groups excluding carboxylic acids is 1. The lowest BCUT2D eigenvalue weighted by molar-refractivity contribution is -0.156.